The van der Waals surface area contributed by atoms with Gasteiger partial charge >= 0.3 is 0 Å². The zero-order valence-corrected chi connectivity index (χ0v) is 17.5. The van der Waals surface area contributed by atoms with Gasteiger partial charge in [0.15, 0.2) is 0 Å². The maximum Gasteiger partial charge on any atom is 0.251 e. The molecule has 0 spiro atoms. The van der Waals surface area contributed by atoms with Crippen molar-refractivity contribution < 1.29 is 13.2 Å². The van der Waals surface area contributed by atoms with Crippen LogP contribution in [0.2, 0.25) is 0 Å². The third kappa shape index (κ3) is 3.86. The molecular formula is C21H22N4O4S. The van der Waals surface area contributed by atoms with E-state index in [9.17, 15) is 13.2 Å². The molecule has 1 fully saturated rings. The summed E-state index contributed by atoms with van der Waals surface area (Å²) in [5.74, 6) is 0.587. The van der Waals surface area contributed by atoms with E-state index in [1.54, 1.807) is 30.6 Å². The van der Waals surface area contributed by atoms with Gasteiger partial charge in [0, 0.05) is 43.0 Å². The van der Waals surface area contributed by atoms with Crippen LogP contribution in [0, 0.1) is 6.92 Å². The molecule has 4 rings (SSSR count). The standard InChI is InChI=1S/C21H22N4O4S/c1-14-5-6-18(29-2)19(10-14)30(27,28)25-9-7-16(13-25)21-23-17(11-20(26)24-21)15-4-3-8-22-12-15/h3-6,8,10-12,16H,7,9,13H2,1-2H3,(H,23,24,26)/t16-/m0/s1. The molecule has 1 aliphatic rings. The van der Waals surface area contributed by atoms with Crippen LogP contribution in [0.5, 0.6) is 5.75 Å². The van der Waals surface area contributed by atoms with E-state index < -0.39 is 10.0 Å². The topological polar surface area (TPSA) is 105 Å². The van der Waals surface area contributed by atoms with Crippen molar-refractivity contribution in [3.05, 3.63) is 70.5 Å². The summed E-state index contributed by atoms with van der Waals surface area (Å²) < 4.78 is 33.2. The van der Waals surface area contributed by atoms with Crippen LogP contribution in [0.25, 0.3) is 11.3 Å². The Balaban J connectivity index is 1.63. The van der Waals surface area contributed by atoms with Crippen LogP contribution in [0.4, 0.5) is 0 Å². The van der Waals surface area contributed by atoms with Gasteiger partial charge in [0.05, 0.1) is 12.8 Å². The predicted molar refractivity (Wildman–Crippen MR) is 112 cm³/mol. The summed E-state index contributed by atoms with van der Waals surface area (Å²) in [6, 6.07) is 10.1. The fourth-order valence-electron chi connectivity index (χ4n) is 3.63. The molecule has 1 N–H and O–H groups in total. The van der Waals surface area contributed by atoms with E-state index in [0.717, 1.165) is 11.1 Å². The van der Waals surface area contributed by atoms with Crippen molar-refractivity contribution in [1.82, 2.24) is 19.3 Å². The van der Waals surface area contributed by atoms with Crippen molar-refractivity contribution in [3.8, 4) is 17.0 Å². The Morgan fingerprint density at radius 1 is 1.23 bits per heavy atom. The molecule has 1 aromatic carbocycles. The average molecular weight is 426 g/mol. The fourth-order valence-corrected chi connectivity index (χ4v) is 5.37. The van der Waals surface area contributed by atoms with E-state index in [-0.39, 0.29) is 22.9 Å². The van der Waals surface area contributed by atoms with E-state index in [4.69, 9.17) is 4.74 Å². The molecule has 9 heteroatoms. The highest BCUT2D eigenvalue weighted by Crippen LogP contribution is 2.33. The molecule has 0 radical (unpaired) electrons. The number of rotatable bonds is 5. The smallest absolute Gasteiger partial charge is 0.251 e. The molecule has 3 heterocycles. The number of aromatic amines is 1. The maximum absolute atomic E-state index is 13.2. The number of methoxy groups -OCH3 is 1. The van der Waals surface area contributed by atoms with Gasteiger partial charge in [-0.05, 0) is 43.2 Å². The molecule has 8 nitrogen and oxygen atoms in total. The second kappa shape index (κ2) is 8.00. The Morgan fingerprint density at radius 2 is 2.07 bits per heavy atom. The van der Waals surface area contributed by atoms with Crippen LogP contribution in [-0.4, -0.2) is 47.9 Å². The van der Waals surface area contributed by atoms with Gasteiger partial charge in [-0.3, -0.25) is 9.78 Å². The molecular weight excluding hydrogens is 404 g/mol. The van der Waals surface area contributed by atoms with Gasteiger partial charge < -0.3 is 9.72 Å². The van der Waals surface area contributed by atoms with E-state index in [2.05, 4.69) is 15.0 Å². The first-order valence-corrected chi connectivity index (χ1v) is 11.0. The van der Waals surface area contributed by atoms with Crippen LogP contribution >= 0.6 is 0 Å². The lowest BCUT2D eigenvalue weighted by atomic mass is 10.1. The third-order valence-corrected chi connectivity index (χ3v) is 7.08. The van der Waals surface area contributed by atoms with Crippen LogP contribution in [-0.2, 0) is 10.0 Å². The first kappa shape index (κ1) is 20.2. The number of aromatic nitrogens is 3. The Kier molecular flexibility index (Phi) is 5.40. The lowest BCUT2D eigenvalue weighted by molar-refractivity contribution is 0.398. The Hall–Kier alpha value is -3.04. The number of aryl methyl sites for hydroxylation is 1. The van der Waals surface area contributed by atoms with Gasteiger partial charge in [0.2, 0.25) is 10.0 Å². The molecule has 0 saturated carbocycles. The zero-order valence-electron chi connectivity index (χ0n) is 16.7. The Labute approximate surface area is 174 Å². The number of nitrogens with zero attached hydrogens (tertiary/aromatic N) is 3. The highest BCUT2D eigenvalue weighted by molar-refractivity contribution is 7.89. The summed E-state index contributed by atoms with van der Waals surface area (Å²) >= 11 is 0. The van der Waals surface area contributed by atoms with Gasteiger partial charge in [-0.2, -0.15) is 4.31 Å². The molecule has 3 aromatic rings. The summed E-state index contributed by atoms with van der Waals surface area (Å²) in [4.78, 5) is 23.8. The van der Waals surface area contributed by atoms with Crippen LogP contribution in [0.1, 0.15) is 23.7 Å². The third-order valence-electron chi connectivity index (χ3n) is 5.19. The van der Waals surface area contributed by atoms with Crippen LogP contribution < -0.4 is 10.3 Å². The maximum atomic E-state index is 13.2. The van der Waals surface area contributed by atoms with Crippen LogP contribution in [0.15, 0.2) is 58.5 Å². The molecule has 0 bridgehead atoms. The number of pyridine rings is 1. The number of benzene rings is 1. The van der Waals surface area contributed by atoms with E-state index in [0.29, 0.717) is 30.2 Å². The molecule has 156 valence electrons. The number of ether oxygens (including phenoxy) is 1. The van der Waals surface area contributed by atoms with Crippen molar-refractivity contribution in [1.29, 1.82) is 0 Å². The molecule has 0 aliphatic carbocycles. The van der Waals surface area contributed by atoms with Gasteiger partial charge in [-0.25, -0.2) is 13.4 Å². The number of hydrogen-bond donors (Lipinski definition) is 1. The number of nitrogens with one attached hydrogen (secondary N) is 1. The minimum Gasteiger partial charge on any atom is -0.495 e. The zero-order chi connectivity index (χ0) is 21.3. The van der Waals surface area contributed by atoms with Crippen LogP contribution in [0.3, 0.4) is 0 Å². The number of H-pyrrole nitrogens is 1. The first-order chi connectivity index (χ1) is 14.4. The van der Waals surface area contributed by atoms with Gasteiger partial charge in [0.1, 0.15) is 16.5 Å². The first-order valence-electron chi connectivity index (χ1n) is 9.55. The normalized spacial score (nSPS) is 17.2. The molecule has 1 atom stereocenters. The highest BCUT2D eigenvalue weighted by atomic mass is 32.2. The molecule has 0 amide bonds. The second-order valence-corrected chi connectivity index (χ2v) is 9.17. The molecule has 1 aliphatic heterocycles. The average Bonchev–Trinajstić information content (AvgIpc) is 3.25. The largest absolute Gasteiger partial charge is 0.495 e. The second-order valence-electron chi connectivity index (χ2n) is 7.26. The van der Waals surface area contributed by atoms with Crippen molar-refractivity contribution in [2.24, 2.45) is 0 Å². The van der Waals surface area contributed by atoms with Gasteiger partial charge in [0.25, 0.3) is 5.56 Å². The summed E-state index contributed by atoms with van der Waals surface area (Å²) in [7, 11) is -2.29. The summed E-state index contributed by atoms with van der Waals surface area (Å²) in [6.07, 6.45) is 3.85. The van der Waals surface area contributed by atoms with Crippen molar-refractivity contribution in [3.63, 3.8) is 0 Å². The van der Waals surface area contributed by atoms with E-state index in [1.165, 1.54) is 17.5 Å². The van der Waals surface area contributed by atoms with Gasteiger partial charge in [-0.1, -0.05) is 6.07 Å². The van der Waals surface area contributed by atoms with E-state index >= 15 is 0 Å². The van der Waals surface area contributed by atoms with Crippen molar-refractivity contribution >= 4 is 10.0 Å². The quantitative estimate of drug-likeness (QED) is 0.671. The minimum absolute atomic E-state index is 0.149. The molecule has 30 heavy (non-hydrogen) atoms. The molecule has 1 saturated heterocycles. The molecule has 2 aromatic heterocycles. The summed E-state index contributed by atoms with van der Waals surface area (Å²) in [5, 5.41) is 0. The SMILES string of the molecule is COc1ccc(C)cc1S(=O)(=O)N1CC[C@H](c2nc(-c3cccnc3)cc(=O)[nH]2)C1. The Bertz CT molecular complexity index is 1230. The monoisotopic (exact) mass is 426 g/mol. The minimum atomic E-state index is -3.74. The van der Waals surface area contributed by atoms with Crippen molar-refractivity contribution in [2.75, 3.05) is 20.2 Å². The number of hydrogen-bond acceptors (Lipinski definition) is 6. The Morgan fingerprint density at radius 3 is 2.80 bits per heavy atom. The fraction of sp³-hybridized carbons (Fsp3) is 0.286. The highest BCUT2D eigenvalue weighted by Gasteiger charge is 2.36. The molecule has 0 unspecified atom stereocenters. The van der Waals surface area contributed by atoms with Crippen molar-refractivity contribution in [2.45, 2.75) is 24.2 Å². The summed E-state index contributed by atoms with van der Waals surface area (Å²) in [6.45, 7) is 2.41. The number of sulfonamides is 1. The lowest BCUT2D eigenvalue weighted by Crippen LogP contribution is -2.29. The van der Waals surface area contributed by atoms with E-state index in [1.807, 2.05) is 19.1 Å². The predicted octanol–water partition coefficient (Wildman–Crippen LogP) is 2.33. The lowest BCUT2D eigenvalue weighted by Gasteiger charge is -2.19. The summed E-state index contributed by atoms with van der Waals surface area (Å²) in [5.41, 5.74) is 1.81. The van der Waals surface area contributed by atoms with Gasteiger partial charge in [-0.15, -0.1) is 0 Å².